The van der Waals surface area contributed by atoms with Crippen LogP contribution in [0.2, 0.25) is 0 Å². The maximum Gasteiger partial charge on any atom is 0.251 e. The highest BCUT2D eigenvalue weighted by atomic mass is 79.9. The van der Waals surface area contributed by atoms with Gasteiger partial charge in [-0.1, -0.05) is 57.6 Å². The van der Waals surface area contributed by atoms with Crippen LogP contribution >= 0.6 is 15.9 Å². The van der Waals surface area contributed by atoms with Crippen LogP contribution in [0, 0.1) is 6.92 Å². The van der Waals surface area contributed by atoms with Gasteiger partial charge in [-0.25, -0.2) is 13.4 Å². The highest BCUT2D eigenvalue weighted by Gasteiger charge is 2.29. The molecule has 1 aromatic carbocycles. The zero-order chi connectivity index (χ0) is 30.5. The third-order valence-electron chi connectivity index (χ3n) is 7.54. The van der Waals surface area contributed by atoms with E-state index in [1.54, 1.807) is 12.3 Å². The molecule has 2 heterocycles. The fourth-order valence-electron chi connectivity index (χ4n) is 5.23. The second kappa shape index (κ2) is 16.9. The molecule has 1 aromatic heterocycles. The fourth-order valence-corrected chi connectivity index (χ4v) is 7.10. The van der Waals surface area contributed by atoms with Gasteiger partial charge in [-0.15, -0.1) is 0 Å². The quantitative estimate of drug-likeness (QED) is 0.162. The molecule has 232 valence electrons. The molecule has 1 saturated heterocycles. The predicted molar refractivity (Wildman–Crippen MR) is 172 cm³/mol. The van der Waals surface area contributed by atoms with Crippen molar-refractivity contribution in [2.24, 2.45) is 5.73 Å². The topological polar surface area (TPSA) is 147 Å². The van der Waals surface area contributed by atoms with Crippen LogP contribution in [0.5, 0.6) is 0 Å². The molecule has 3 rings (SSSR count). The van der Waals surface area contributed by atoms with Crippen molar-refractivity contribution in [3.05, 3.63) is 40.0 Å². The van der Waals surface area contributed by atoms with Gasteiger partial charge in [0.2, 0.25) is 16.0 Å². The summed E-state index contributed by atoms with van der Waals surface area (Å²) in [5.74, 6) is 0.378. The van der Waals surface area contributed by atoms with E-state index in [9.17, 15) is 18.0 Å². The molecule has 1 amide bonds. The minimum atomic E-state index is -3.48. The summed E-state index contributed by atoms with van der Waals surface area (Å²) in [5.41, 5.74) is 7.25. The number of amides is 1. The van der Waals surface area contributed by atoms with Gasteiger partial charge in [0.15, 0.2) is 0 Å². The Morgan fingerprint density at radius 2 is 1.81 bits per heavy atom. The molecule has 0 unspecified atom stereocenters. The lowest BCUT2D eigenvalue weighted by atomic mass is 10.1. The molecule has 42 heavy (non-hydrogen) atoms. The standard InChI is InChI=1S/C30H45BrN6O4S/c1-3-4-5-6-7-8-9-15-24(38)16-12-19-42(40,41)37-18-11-14-23(21-37)34-30-33-20-25(31)29(36-30)35-26-17-10-13-22(2)27(26)28(32)39/h10,13,17,20,23H,3-9,11-12,14-16,18-19,21H2,1-2H3,(H2,32,39)(H2,33,34,35,36)/t23-/m1/s1. The molecule has 12 heteroatoms. The Bertz CT molecular complexity index is 1310. The highest BCUT2D eigenvalue weighted by Crippen LogP contribution is 2.28. The summed E-state index contributed by atoms with van der Waals surface area (Å²) in [6.07, 6.45) is 12.4. The fraction of sp³-hybridized carbons (Fsp3) is 0.600. The normalized spacial score (nSPS) is 15.8. The molecule has 1 aliphatic rings. The van der Waals surface area contributed by atoms with Gasteiger partial charge in [-0.3, -0.25) is 9.59 Å². The van der Waals surface area contributed by atoms with Gasteiger partial charge >= 0.3 is 0 Å². The number of carbonyl (C=O) groups excluding carboxylic acids is 2. The summed E-state index contributed by atoms with van der Waals surface area (Å²) >= 11 is 3.45. The number of Topliss-reactive ketones (excluding diaryl/α,β-unsaturated/α-hetero) is 1. The summed E-state index contributed by atoms with van der Waals surface area (Å²) in [4.78, 5) is 33.2. The van der Waals surface area contributed by atoms with E-state index in [1.165, 1.54) is 30.0 Å². The first-order chi connectivity index (χ1) is 20.1. The maximum atomic E-state index is 13.1. The van der Waals surface area contributed by atoms with E-state index in [1.807, 2.05) is 19.1 Å². The molecule has 0 aliphatic carbocycles. The third kappa shape index (κ3) is 10.6. The van der Waals surface area contributed by atoms with Gasteiger partial charge in [-0.05, 0) is 60.2 Å². The number of nitrogens with zero attached hydrogens (tertiary/aromatic N) is 3. The molecule has 0 saturated carbocycles. The number of nitrogens with one attached hydrogen (secondary N) is 2. The number of benzene rings is 1. The Kier molecular flexibility index (Phi) is 13.7. The van der Waals surface area contributed by atoms with Crippen LogP contribution in [0.1, 0.15) is 99.9 Å². The smallest absolute Gasteiger partial charge is 0.251 e. The van der Waals surface area contributed by atoms with Crippen LogP contribution < -0.4 is 16.4 Å². The van der Waals surface area contributed by atoms with Gasteiger partial charge < -0.3 is 16.4 Å². The summed E-state index contributed by atoms with van der Waals surface area (Å²) in [6, 6.07) is 5.22. The molecule has 10 nitrogen and oxygen atoms in total. The van der Waals surface area contributed by atoms with Crippen LogP contribution in [-0.2, 0) is 14.8 Å². The van der Waals surface area contributed by atoms with Crippen LogP contribution in [0.25, 0.3) is 0 Å². The lowest BCUT2D eigenvalue weighted by Gasteiger charge is -2.32. The number of piperidine rings is 1. The number of anilines is 3. The van der Waals surface area contributed by atoms with Gasteiger partial charge in [0.1, 0.15) is 11.6 Å². The zero-order valence-electron chi connectivity index (χ0n) is 24.8. The van der Waals surface area contributed by atoms with Crippen molar-refractivity contribution in [2.45, 2.75) is 96.9 Å². The number of hydrogen-bond donors (Lipinski definition) is 3. The molecule has 0 bridgehead atoms. The van der Waals surface area contributed by atoms with E-state index in [0.29, 0.717) is 66.3 Å². The first kappa shape index (κ1) is 33.9. The molecule has 0 radical (unpaired) electrons. The minimum Gasteiger partial charge on any atom is -0.366 e. The Balaban J connectivity index is 1.50. The van der Waals surface area contributed by atoms with Crippen molar-refractivity contribution in [1.82, 2.24) is 14.3 Å². The molecule has 4 N–H and O–H groups in total. The summed E-state index contributed by atoms with van der Waals surface area (Å²) in [5, 5.41) is 6.43. The Morgan fingerprint density at radius 3 is 2.55 bits per heavy atom. The minimum absolute atomic E-state index is 0.0238. The Morgan fingerprint density at radius 1 is 1.10 bits per heavy atom. The lowest BCUT2D eigenvalue weighted by molar-refractivity contribution is -0.119. The molecule has 1 aliphatic heterocycles. The highest BCUT2D eigenvalue weighted by molar-refractivity contribution is 9.10. The Hall–Kier alpha value is -2.57. The van der Waals surface area contributed by atoms with E-state index in [2.05, 4.69) is 43.5 Å². The molecule has 0 spiro atoms. The lowest BCUT2D eigenvalue weighted by Crippen LogP contribution is -2.46. The number of aryl methyl sites for hydroxylation is 1. The van der Waals surface area contributed by atoms with Gasteiger partial charge in [0.05, 0.1) is 21.5 Å². The van der Waals surface area contributed by atoms with Crippen LogP contribution in [0.4, 0.5) is 17.5 Å². The molecule has 2 aromatic rings. The summed E-state index contributed by atoms with van der Waals surface area (Å²) in [6.45, 7) is 4.78. The number of ketones is 1. The average Bonchev–Trinajstić information content (AvgIpc) is 2.94. The van der Waals surface area contributed by atoms with Gasteiger partial charge in [-0.2, -0.15) is 9.29 Å². The first-order valence-corrected chi connectivity index (χ1v) is 17.5. The van der Waals surface area contributed by atoms with Crippen LogP contribution in [0.15, 0.2) is 28.9 Å². The number of aromatic nitrogens is 2. The second-order valence-corrected chi connectivity index (χ2v) is 14.0. The SMILES string of the molecule is CCCCCCCCCC(=O)CCCS(=O)(=O)N1CCC[C@@H](Nc2ncc(Br)c(Nc3cccc(C)c3C(N)=O)n2)C1. The number of unbranched alkanes of at least 4 members (excludes halogenated alkanes) is 6. The summed E-state index contributed by atoms with van der Waals surface area (Å²) in [7, 11) is -3.48. The van der Waals surface area contributed by atoms with Crippen molar-refractivity contribution >= 4 is 55.1 Å². The average molecular weight is 666 g/mol. The molecular weight excluding hydrogens is 620 g/mol. The number of sulfonamides is 1. The molecule has 1 fully saturated rings. The predicted octanol–water partition coefficient (Wildman–Crippen LogP) is 6.09. The van der Waals surface area contributed by atoms with Crippen LogP contribution in [0.3, 0.4) is 0 Å². The van der Waals surface area contributed by atoms with Crippen molar-refractivity contribution in [1.29, 1.82) is 0 Å². The first-order valence-electron chi connectivity index (χ1n) is 15.1. The van der Waals surface area contributed by atoms with E-state index < -0.39 is 15.9 Å². The molecular formula is C30H45BrN6O4S. The van der Waals surface area contributed by atoms with E-state index in [-0.39, 0.29) is 17.6 Å². The van der Waals surface area contributed by atoms with Crippen LogP contribution in [-0.4, -0.2) is 59.3 Å². The number of hydrogen-bond acceptors (Lipinski definition) is 8. The van der Waals surface area contributed by atoms with Gasteiger partial charge in [0, 0.05) is 38.2 Å². The largest absolute Gasteiger partial charge is 0.366 e. The Labute approximate surface area is 258 Å². The number of primary amides is 1. The van der Waals surface area contributed by atoms with Crippen molar-refractivity contribution < 1.29 is 18.0 Å². The zero-order valence-corrected chi connectivity index (χ0v) is 27.2. The maximum absolute atomic E-state index is 13.1. The van der Waals surface area contributed by atoms with E-state index in [0.717, 1.165) is 31.2 Å². The number of carbonyl (C=O) groups is 2. The van der Waals surface area contributed by atoms with E-state index >= 15 is 0 Å². The van der Waals surface area contributed by atoms with Gasteiger partial charge in [0.25, 0.3) is 5.91 Å². The number of nitrogens with two attached hydrogens (primary N) is 1. The van der Waals surface area contributed by atoms with E-state index in [4.69, 9.17) is 5.73 Å². The monoisotopic (exact) mass is 664 g/mol. The second-order valence-electron chi connectivity index (χ2n) is 11.0. The molecule has 1 atom stereocenters. The number of halogens is 1. The number of rotatable bonds is 18. The third-order valence-corrected chi connectivity index (χ3v) is 10.0. The van der Waals surface area contributed by atoms with Crippen molar-refractivity contribution in [3.63, 3.8) is 0 Å². The summed E-state index contributed by atoms with van der Waals surface area (Å²) < 4.78 is 28.2. The van der Waals surface area contributed by atoms with Crippen molar-refractivity contribution in [3.8, 4) is 0 Å². The van der Waals surface area contributed by atoms with Crippen molar-refractivity contribution in [2.75, 3.05) is 29.5 Å².